The van der Waals surface area contributed by atoms with Gasteiger partial charge in [0.1, 0.15) is 12.4 Å². The minimum absolute atomic E-state index is 0.243. The predicted molar refractivity (Wildman–Crippen MR) is 104 cm³/mol. The molecule has 3 aromatic rings. The van der Waals surface area contributed by atoms with E-state index in [1.807, 2.05) is 50.2 Å². The first-order valence-electron chi connectivity index (χ1n) is 8.31. The number of benzene rings is 3. The summed E-state index contributed by atoms with van der Waals surface area (Å²) < 4.78 is 33.5. The van der Waals surface area contributed by atoms with Crippen molar-refractivity contribution in [3.8, 4) is 5.75 Å². The van der Waals surface area contributed by atoms with Crippen molar-refractivity contribution in [1.29, 1.82) is 0 Å². The van der Waals surface area contributed by atoms with Gasteiger partial charge in [0.15, 0.2) is 0 Å². The molecule has 0 aliphatic carbocycles. The highest BCUT2D eigenvalue weighted by molar-refractivity contribution is 7.92. The lowest BCUT2D eigenvalue weighted by Gasteiger charge is -2.13. The normalized spacial score (nSPS) is 11.2. The smallest absolute Gasteiger partial charge is 0.261 e. The number of hydrogen-bond acceptors (Lipinski definition) is 3. The van der Waals surface area contributed by atoms with Gasteiger partial charge in [-0.05, 0) is 55.3 Å². The minimum Gasteiger partial charge on any atom is -0.489 e. The third-order valence-electron chi connectivity index (χ3n) is 4.02. The van der Waals surface area contributed by atoms with E-state index in [1.165, 1.54) is 0 Å². The van der Waals surface area contributed by atoms with E-state index < -0.39 is 10.0 Å². The van der Waals surface area contributed by atoms with Crippen molar-refractivity contribution in [2.75, 3.05) is 4.72 Å². The fourth-order valence-electron chi connectivity index (χ4n) is 2.50. The zero-order valence-corrected chi connectivity index (χ0v) is 15.6. The van der Waals surface area contributed by atoms with Crippen molar-refractivity contribution in [3.05, 3.63) is 89.5 Å². The molecule has 0 saturated heterocycles. The van der Waals surface area contributed by atoms with Crippen LogP contribution in [0.4, 0.5) is 5.69 Å². The average molecular weight is 367 g/mol. The van der Waals surface area contributed by atoms with E-state index in [0.29, 0.717) is 18.0 Å². The minimum atomic E-state index is -3.61. The first-order chi connectivity index (χ1) is 12.4. The number of sulfonamides is 1. The third kappa shape index (κ3) is 4.43. The van der Waals surface area contributed by atoms with Crippen LogP contribution in [0.5, 0.6) is 5.75 Å². The Morgan fingerprint density at radius 3 is 2.23 bits per heavy atom. The highest BCUT2D eigenvalue weighted by atomic mass is 32.2. The van der Waals surface area contributed by atoms with Gasteiger partial charge in [0, 0.05) is 0 Å². The molecule has 0 aromatic heterocycles. The maximum absolute atomic E-state index is 12.5. The Balaban J connectivity index is 1.72. The summed E-state index contributed by atoms with van der Waals surface area (Å²) in [6, 6.07) is 22.0. The van der Waals surface area contributed by atoms with E-state index in [1.54, 1.807) is 36.4 Å². The van der Waals surface area contributed by atoms with Gasteiger partial charge in [-0.2, -0.15) is 0 Å². The Bertz CT molecular complexity index is 982. The van der Waals surface area contributed by atoms with Gasteiger partial charge in [-0.25, -0.2) is 8.42 Å². The number of hydrogen-bond donors (Lipinski definition) is 1. The molecule has 0 radical (unpaired) electrons. The second-order valence-corrected chi connectivity index (χ2v) is 7.85. The van der Waals surface area contributed by atoms with Crippen molar-refractivity contribution >= 4 is 15.7 Å². The Hall–Kier alpha value is -2.79. The van der Waals surface area contributed by atoms with E-state index in [2.05, 4.69) is 4.72 Å². The van der Waals surface area contributed by atoms with E-state index in [-0.39, 0.29) is 4.90 Å². The van der Waals surface area contributed by atoms with Crippen molar-refractivity contribution in [2.45, 2.75) is 25.3 Å². The maximum Gasteiger partial charge on any atom is 0.261 e. The summed E-state index contributed by atoms with van der Waals surface area (Å²) in [7, 11) is -3.61. The van der Waals surface area contributed by atoms with E-state index in [9.17, 15) is 8.42 Å². The topological polar surface area (TPSA) is 55.4 Å². The fraction of sp³-hybridized carbons (Fsp3) is 0.143. The second kappa shape index (κ2) is 7.62. The quantitative estimate of drug-likeness (QED) is 0.688. The van der Waals surface area contributed by atoms with Gasteiger partial charge < -0.3 is 4.74 Å². The number of anilines is 1. The zero-order valence-electron chi connectivity index (χ0n) is 14.8. The van der Waals surface area contributed by atoms with Gasteiger partial charge >= 0.3 is 0 Å². The van der Waals surface area contributed by atoms with Gasteiger partial charge in [0.2, 0.25) is 0 Å². The molecular weight excluding hydrogens is 346 g/mol. The summed E-state index contributed by atoms with van der Waals surface area (Å²) in [6.45, 7) is 4.24. The molecule has 26 heavy (non-hydrogen) atoms. The highest BCUT2D eigenvalue weighted by Crippen LogP contribution is 2.25. The standard InChI is InChI=1S/C21H21NO3S/c1-16-8-11-20(12-9-16)26(23,24)22-21-13-10-19(14-17(21)2)25-15-18-6-4-3-5-7-18/h3-14,22H,15H2,1-2H3. The molecule has 0 bridgehead atoms. The Kier molecular flexibility index (Phi) is 5.28. The second-order valence-electron chi connectivity index (χ2n) is 6.17. The molecule has 0 heterocycles. The Labute approximate surface area is 154 Å². The molecular formula is C21H21NO3S. The average Bonchev–Trinajstić information content (AvgIpc) is 2.63. The molecule has 0 saturated carbocycles. The van der Waals surface area contributed by atoms with Crippen LogP contribution in [0.2, 0.25) is 0 Å². The van der Waals surface area contributed by atoms with Crippen molar-refractivity contribution in [2.24, 2.45) is 0 Å². The number of ether oxygens (including phenoxy) is 1. The Morgan fingerprint density at radius 2 is 1.58 bits per heavy atom. The molecule has 4 nitrogen and oxygen atoms in total. The third-order valence-corrected chi connectivity index (χ3v) is 5.40. The largest absolute Gasteiger partial charge is 0.489 e. The molecule has 3 rings (SSSR count). The molecule has 0 aliphatic rings. The summed E-state index contributed by atoms with van der Waals surface area (Å²) in [5, 5.41) is 0. The molecule has 5 heteroatoms. The van der Waals surface area contributed by atoms with Crippen LogP contribution < -0.4 is 9.46 Å². The van der Waals surface area contributed by atoms with Crippen LogP contribution in [-0.2, 0) is 16.6 Å². The van der Waals surface area contributed by atoms with Crippen molar-refractivity contribution in [1.82, 2.24) is 0 Å². The number of aryl methyl sites for hydroxylation is 2. The summed E-state index contributed by atoms with van der Waals surface area (Å²) >= 11 is 0. The lowest BCUT2D eigenvalue weighted by atomic mass is 10.2. The van der Waals surface area contributed by atoms with Crippen LogP contribution in [0.25, 0.3) is 0 Å². The van der Waals surface area contributed by atoms with Crippen LogP contribution in [0, 0.1) is 13.8 Å². The van der Waals surface area contributed by atoms with Gasteiger partial charge in [-0.3, -0.25) is 4.72 Å². The Morgan fingerprint density at radius 1 is 0.885 bits per heavy atom. The molecule has 0 aliphatic heterocycles. The summed E-state index contributed by atoms with van der Waals surface area (Å²) in [5.74, 6) is 0.699. The monoisotopic (exact) mass is 367 g/mol. The van der Waals surface area contributed by atoms with Gasteiger partial charge in [0.25, 0.3) is 10.0 Å². The molecule has 134 valence electrons. The molecule has 0 amide bonds. The first-order valence-corrected chi connectivity index (χ1v) is 9.79. The van der Waals surface area contributed by atoms with Crippen LogP contribution in [0.3, 0.4) is 0 Å². The maximum atomic E-state index is 12.5. The predicted octanol–water partition coefficient (Wildman–Crippen LogP) is 4.68. The molecule has 0 atom stereocenters. The van der Waals surface area contributed by atoms with Crippen LogP contribution in [-0.4, -0.2) is 8.42 Å². The van der Waals surface area contributed by atoms with Crippen LogP contribution in [0.1, 0.15) is 16.7 Å². The SMILES string of the molecule is Cc1ccc(S(=O)(=O)Nc2ccc(OCc3ccccc3)cc2C)cc1. The molecule has 0 unspecified atom stereocenters. The van der Waals surface area contributed by atoms with E-state index in [0.717, 1.165) is 16.7 Å². The van der Waals surface area contributed by atoms with Crippen LogP contribution in [0.15, 0.2) is 77.7 Å². The summed E-state index contributed by atoms with van der Waals surface area (Å²) in [4.78, 5) is 0.243. The van der Waals surface area contributed by atoms with Crippen molar-refractivity contribution < 1.29 is 13.2 Å². The molecule has 0 fully saturated rings. The lowest BCUT2D eigenvalue weighted by molar-refractivity contribution is 0.306. The van der Waals surface area contributed by atoms with E-state index >= 15 is 0 Å². The summed E-state index contributed by atoms with van der Waals surface area (Å²) in [5.41, 5.74) is 3.43. The number of nitrogens with one attached hydrogen (secondary N) is 1. The zero-order chi connectivity index (χ0) is 18.6. The van der Waals surface area contributed by atoms with Crippen LogP contribution >= 0.6 is 0 Å². The molecule has 1 N–H and O–H groups in total. The van der Waals surface area contributed by atoms with E-state index in [4.69, 9.17) is 4.74 Å². The first kappa shape index (κ1) is 18.0. The number of rotatable bonds is 6. The van der Waals surface area contributed by atoms with Gasteiger partial charge in [0.05, 0.1) is 10.6 Å². The van der Waals surface area contributed by atoms with Gasteiger partial charge in [-0.15, -0.1) is 0 Å². The molecule has 0 spiro atoms. The fourth-order valence-corrected chi connectivity index (χ4v) is 3.63. The van der Waals surface area contributed by atoms with Gasteiger partial charge in [-0.1, -0.05) is 48.0 Å². The highest BCUT2D eigenvalue weighted by Gasteiger charge is 2.15. The summed E-state index contributed by atoms with van der Waals surface area (Å²) in [6.07, 6.45) is 0. The lowest BCUT2D eigenvalue weighted by Crippen LogP contribution is -2.13. The molecule has 3 aromatic carbocycles. The van der Waals surface area contributed by atoms with Crippen molar-refractivity contribution in [3.63, 3.8) is 0 Å².